The second kappa shape index (κ2) is 8.73. The Morgan fingerprint density at radius 1 is 0.889 bits per heavy atom. The van der Waals surface area contributed by atoms with Crippen molar-refractivity contribution in [1.29, 1.82) is 0 Å². The lowest BCUT2D eigenvalue weighted by Gasteiger charge is -2.35. The van der Waals surface area contributed by atoms with Gasteiger partial charge in [-0.3, -0.25) is 9.59 Å². The van der Waals surface area contributed by atoms with Crippen molar-refractivity contribution < 1.29 is 31.5 Å². The summed E-state index contributed by atoms with van der Waals surface area (Å²) in [5, 5.41) is 13.4. The molecule has 5 rings (SSSR count). The van der Waals surface area contributed by atoms with Gasteiger partial charge in [-0.2, -0.15) is 13.2 Å². The summed E-state index contributed by atoms with van der Waals surface area (Å²) in [7, 11) is 0. The number of carbonyl (C=O) groups is 2. The topological polar surface area (TPSA) is 90.5 Å². The van der Waals surface area contributed by atoms with Crippen molar-refractivity contribution in [2.24, 2.45) is 0 Å². The third kappa shape index (κ3) is 4.27. The zero-order chi connectivity index (χ0) is 25.6. The van der Waals surface area contributed by atoms with Gasteiger partial charge in [0.15, 0.2) is 23.3 Å². The van der Waals surface area contributed by atoms with Gasteiger partial charge in [0.2, 0.25) is 0 Å². The molecule has 3 heterocycles. The quantitative estimate of drug-likeness (QED) is 0.512. The first-order valence-electron chi connectivity index (χ1n) is 10.8. The number of alkyl halides is 3. The molecule has 0 atom stereocenters. The van der Waals surface area contributed by atoms with Crippen LogP contribution in [0.1, 0.15) is 26.3 Å². The Morgan fingerprint density at radius 2 is 1.53 bits per heavy atom. The van der Waals surface area contributed by atoms with Crippen LogP contribution < -0.4 is 15.5 Å². The second-order valence-electron chi connectivity index (χ2n) is 8.18. The molecule has 1 aromatic heterocycles. The van der Waals surface area contributed by atoms with Crippen LogP contribution in [0.2, 0.25) is 0 Å². The van der Waals surface area contributed by atoms with Crippen LogP contribution in [0.4, 0.5) is 45.0 Å². The number of nitrogens with one attached hydrogen (secondary N) is 2. The number of hydrogen-bond acceptors (Lipinski definition) is 6. The summed E-state index contributed by atoms with van der Waals surface area (Å²) >= 11 is 0. The van der Waals surface area contributed by atoms with Crippen LogP contribution in [0.15, 0.2) is 42.5 Å². The molecule has 0 aliphatic carbocycles. The average Bonchev–Trinajstić information content (AvgIpc) is 2.99. The Kier molecular flexibility index (Phi) is 5.69. The summed E-state index contributed by atoms with van der Waals surface area (Å²) in [6, 6.07) is 7.81. The summed E-state index contributed by atoms with van der Waals surface area (Å²) in [5.41, 5.74) is -1.19. The Hall–Kier alpha value is -4.29. The minimum atomic E-state index is -4.66. The summed E-state index contributed by atoms with van der Waals surface area (Å²) in [4.78, 5) is 28.6. The molecule has 0 unspecified atom stereocenters. The van der Waals surface area contributed by atoms with E-state index in [0.29, 0.717) is 5.82 Å². The van der Waals surface area contributed by atoms with Gasteiger partial charge in [0.1, 0.15) is 0 Å². The highest BCUT2D eigenvalue weighted by molar-refractivity contribution is 6.11. The Balaban J connectivity index is 1.32. The number of aromatic nitrogens is 2. The fraction of sp³-hybridized carbons (Fsp3) is 0.217. The maximum absolute atomic E-state index is 13.6. The van der Waals surface area contributed by atoms with Gasteiger partial charge in [-0.1, -0.05) is 12.1 Å². The summed E-state index contributed by atoms with van der Waals surface area (Å²) in [5.74, 6) is -3.23. The Labute approximate surface area is 200 Å². The fourth-order valence-corrected chi connectivity index (χ4v) is 4.10. The average molecular weight is 504 g/mol. The van der Waals surface area contributed by atoms with Gasteiger partial charge in [-0.25, -0.2) is 8.78 Å². The van der Waals surface area contributed by atoms with E-state index in [0.717, 1.165) is 24.3 Å². The summed E-state index contributed by atoms with van der Waals surface area (Å²) in [6.07, 6.45) is -4.66. The van der Waals surface area contributed by atoms with E-state index in [2.05, 4.69) is 20.8 Å². The molecular weight excluding hydrogens is 487 g/mol. The molecule has 0 bridgehead atoms. The summed E-state index contributed by atoms with van der Waals surface area (Å²) in [6.45, 7) is 0.717. The predicted molar refractivity (Wildman–Crippen MR) is 119 cm³/mol. The molecule has 0 saturated carbocycles. The number of halogens is 5. The first-order valence-corrected chi connectivity index (χ1v) is 10.8. The lowest BCUT2D eigenvalue weighted by Crippen LogP contribution is -2.49. The number of anilines is 4. The highest BCUT2D eigenvalue weighted by Crippen LogP contribution is 2.34. The number of rotatable bonds is 2. The standard InChI is InChI=1S/C23H17F5N6O2/c24-15-10-17-18(11-16(15)25)30-21(35)13-9-19(31-32-20(13)29-17)33-5-7-34(8-6-33)22(36)12-3-1-2-4-14(12)23(26,27)28/h1-4,9-11H,5-8H2,(H,29,32)(H,30,35). The molecule has 2 amide bonds. The van der Waals surface area contributed by atoms with Gasteiger partial charge in [0.25, 0.3) is 11.8 Å². The van der Waals surface area contributed by atoms with Crippen LogP contribution in [0, 0.1) is 11.6 Å². The molecule has 1 fully saturated rings. The van der Waals surface area contributed by atoms with Crippen molar-refractivity contribution in [1.82, 2.24) is 15.1 Å². The molecule has 0 radical (unpaired) electrons. The molecule has 8 nitrogen and oxygen atoms in total. The number of hydrogen-bond donors (Lipinski definition) is 2. The first kappa shape index (κ1) is 23.5. The third-order valence-electron chi connectivity index (χ3n) is 5.94. The smallest absolute Gasteiger partial charge is 0.352 e. The largest absolute Gasteiger partial charge is 0.417 e. The van der Waals surface area contributed by atoms with Crippen LogP contribution >= 0.6 is 0 Å². The van der Waals surface area contributed by atoms with E-state index >= 15 is 0 Å². The highest BCUT2D eigenvalue weighted by Gasteiger charge is 2.36. The molecule has 2 N–H and O–H groups in total. The highest BCUT2D eigenvalue weighted by atomic mass is 19.4. The third-order valence-corrected chi connectivity index (χ3v) is 5.94. The van der Waals surface area contributed by atoms with E-state index < -0.39 is 40.8 Å². The van der Waals surface area contributed by atoms with Crippen molar-refractivity contribution in [3.8, 4) is 0 Å². The van der Waals surface area contributed by atoms with Crippen LogP contribution in [0.3, 0.4) is 0 Å². The number of piperazine rings is 1. The number of amides is 2. The van der Waals surface area contributed by atoms with E-state index in [4.69, 9.17) is 0 Å². The maximum atomic E-state index is 13.6. The lowest BCUT2D eigenvalue weighted by molar-refractivity contribution is -0.138. The molecule has 186 valence electrons. The van der Waals surface area contributed by atoms with Gasteiger partial charge in [-0.15, -0.1) is 10.2 Å². The number of benzene rings is 2. The van der Waals surface area contributed by atoms with Gasteiger partial charge in [0.05, 0.1) is 28.1 Å². The molecule has 1 saturated heterocycles. The Morgan fingerprint density at radius 3 is 2.19 bits per heavy atom. The van der Waals surface area contributed by atoms with E-state index in [1.807, 2.05) is 0 Å². The molecule has 0 spiro atoms. The van der Waals surface area contributed by atoms with Crippen molar-refractivity contribution in [2.75, 3.05) is 41.7 Å². The molecule has 36 heavy (non-hydrogen) atoms. The fourth-order valence-electron chi connectivity index (χ4n) is 4.10. The SMILES string of the molecule is O=C1Nc2cc(F)c(F)cc2Nc2nnc(N3CCN(C(=O)c4ccccc4C(F)(F)F)CC3)cc21. The maximum Gasteiger partial charge on any atom is 0.417 e. The first-order chi connectivity index (χ1) is 17.1. The van der Waals surface area contributed by atoms with E-state index in [-0.39, 0.29) is 48.9 Å². The van der Waals surface area contributed by atoms with Crippen LogP contribution in [0.5, 0.6) is 0 Å². The van der Waals surface area contributed by atoms with E-state index in [1.54, 1.807) is 4.90 Å². The molecule has 2 aliphatic rings. The molecule has 2 aliphatic heterocycles. The number of fused-ring (bicyclic) bond motifs is 2. The van der Waals surface area contributed by atoms with Crippen LogP contribution in [-0.2, 0) is 6.18 Å². The van der Waals surface area contributed by atoms with Gasteiger partial charge < -0.3 is 20.4 Å². The van der Waals surface area contributed by atoms with Gasteiger partial charge in [-0.05, 0) is 18.2 Å². The van der Waals surface area contributed by atoms with E-state index in [1.165, 1.54) is 23.1 Å². The zero-order valence-electron chi connectivity index (χ0n) is 18.4. The minimum absolute atomic E-state index is 0.0321. The van der Waals surface area contributed by atoms with Crippen LogP contribution in [0.25, 0.3) is 0 Å². The number of nitrogens with zero attached hydrogens (tertiary/aromatic N) is 4. The molecular formula is C23H17F5N6O2. The molecule has 13 heteroatoms. The van der Waals surface area contributed by atoms with Gasteiger partial charge in [0, 0.05) is 38.3 Å². The summed E-state index contributed by atoms with van der Waals surface area (Å²) < 4.78 is 67.2. The zero-order valence-corrected chi connectivity index (χ0v) is 18.4. The predicted octanol–water partition coefficient (Wildman–Crippen LogP) is 4.05. The molecule has 3 aromatic rings. The lowest BCUT2D eigenvalue weighted by atomic mass is 10.1. The molecule has 2 aromatic carbocycles. The Bertz CT molecular complexity index is 1370. The van der Waals surface area contributed by atoms with Gasteiger partial charge >= 0.3 is 6.18 Å². The monoisotopic (exact) mass is 504 g/mol. The van der Waals surface area contributed by atoms with E-state index in [9.17, 15) is 31.5 Å². The number of carbonyl (C=O) groups excluding carboxylic acids is 2. The minimum Gasteiger partial charge on any atom is -0.352 e. The van der Waals surface area contributed by atoms with Crippen molar-refractivity contribution in [3.05, 3.63) is 70.8 Å². The normalized spacial score (nSPS) is 15.4. The van der Waals surface area contributed by atoms with Crippen molar-refractivity contribution in [3.63, 3.8) is 0 Å². The second-order valence-corrected chi connectivity index (χ2v) is 8.18. The van der Waals surface area contributed by atoms with Crippen molar-refractivity contribution >= 4 is 34.8 Å². The van der Waals surface area contributed by atoms with Crippen LogP contribution in [-0.4, -0.2) is 53.1 Å². The van der Waals surface area contributed by atoms with Crippen molar-refractivity contribution in [2.45, 2.75) is 6.18 Å².